The molecule has 1 saturated carbocycles. The summed E-state index contributed by atoms with van der Waals surface area (Å²) in [7, 11) is 0. The van der Waals surface area contributed by atoms with Gasteiger partial charge in [-0.1, -0.05) is 73.9 Å². The number of phenolic OH excluding ortho intramolecular Hbond substituents is 2. The van der Waals surface area contributed by atoms with Crippen LogP contribution in [0, 0.1) is 6.92 Å². The van der Waals surface area contributed by atoms with E-state index in [2.05, 4.69) is 82.2 Å². The Morgan fingerprint density at radius 1 is 0.804 bits per heavy atom. The zero-order valence-electron chi connectivity index (χ0n) is 34.2. The van der Waals surface area contributed by atoms with E-state index in [0.717, 1.165) is 79.4 Å². The third kappa shape index (κ3) is 14.1. The quantitative estimate of drug-likeness (QED) is 0.107. The van der Waals surface area contributed by atoms with Gasteiger partial charge in [-0.15, -0.1) is 0 Å². The Labute approximate surface area is 347 Å². The number of amidine groups is 1. The third-order valence-corrected chi connectivity index (χ3v) is 10.8. The maximum Gasteiger partial charge on any atom is 0.314 e. The first-order valence-electron chi connectivity index (χ1n) is 20.0. The Kier molecular flexibility index (Phi) is 18.8. The van der Waals surface area contributed by atoms with Gasteiger partial charge in [-0.25, -0.2) is 0 Å². The summed E-state index contributed by atoms with van der Waals surface area (Å²) in [6.45, 7) is 19.8. The summed E-state index contributed by atoms with van der Waals surface area (Å²) in [5.74, 6) is -0.365. The normalized spacial score (nSPS) is 19.0. The molecule has 3 aliphatic rings. The Morgan fingerprint density at radius 2 is 1.39 bits per heavy atom. The average molecular weight is 814 g/mol. The van der Waals surface area contributed by atoms with Crippen LogP contribution in [-0.4, -0.2) is 98.4 Å². The molecule has 0 amide bonds. The standard InChI is InChI=1S/C41H60N4O2.C3H4O4.CH4.Cr/c1-29-23-30(15-13-20-45-22-14-21-44-19-12-8-9-18-37(44)45)38(46)31(24-29)27-42-35-16-10-11-17-36(35)43-28-32-25-33(40(2,3)4)26-34(39(32)47)41(5,6)7;4-2(5)1-3(6)7;;/h23-28,35-36H,8-22H2,1-7H3,(H-,42,43,46,47);1H2,(H,4,5)(H,6,7);1H4;/p+1. The number of hydrogen-bond donors (Lipinski definition) is 4. The molecule has 1 aliphatic carbocycles. The smallest absolute Gasteiger partial charge is 0.314 e. The Balaban J connectivity index is 0.00000110. The molecule has 0 bridgehead atoms. The van der Waals surface area contributed by atoms with Gasteiger partial charge >= 0.3 is 11.9 Å². The van der Waals surface area contributed by atoms with E-state index in [0.29, 0.717) is 11.5 Å². The minimum absolute atomic E-state index is 0. The second-order valence-corrected chi connectivity index (χ2v) is 17.4. The first-order valence-corrected chi connectivity index (χ1v) is 20.0. The van der Waals surface area contributed by atoms with Crippen molar-refractivity contribution < 1.29 is 52.0 Å². The fourth-order valence-electron chi connectivity index (χ4n) is 7.79. The zero-order valence-corrected chi connectivity index (χ0v) is 35.5. The van der Waals surface area contributed by atoms with Gasteiger partial charge in [0.05, 0.1) is 38.3 Å². The molecule has 5 rings (SSSR count). The molecule has 11 heteroatoms. The van der Waals surface area contributed by atoms with Gasteiger partial charge in [0.25, 0.3) is 0 Å². The van der Waals surface area contributed by atoms with Gasteiger partial charge < -0.3 is 20.4 Å². The van der Waals surface area contributed by atoms with E-state index in [-0.39, 0.29) is 47.7 Å². The molecule has 10 nitrogen and oxygen atoms in total. The average Bonchev–Trinajstić information content (AvgIpc) is 3.34. The van der Waals surface area contributed by atoms with E-state index in [1.165, 1.54) is 50.8 Å². The number of aliphatic imine (C=N–C) groups is 2. The zero-order chi connectivity index (χ0) is 39.6. The number of hydrogen-bond acceptors (Lipinski definition) is 7. The molecule has 310 valence electrons. The monoisotopic (exact) mass is 813 g/mol. The fraction of sp³-hybridized carbons (Fsp3) is 0.622. The van der Waals surface area contributed by atoms with Crippen LogP contribution in [0.3, 0.4) is 0 Å². The van der Waals surface area contributed by atoms with Crippen molar-refractivity contribution in [1.82, 2.24) is 4.90 Å². The summed E-state index contributed by atoms with van der Waals surface area (Å²) in [5.41, 5.74) is 5.71. The van der Waals surface area contributed by atoms with Crippen LogP contribution < -0.4 is 0 Å². The largest absolute Gasteiger partial charge is 0.507 e. The number of benzene rings is 2. The third-order valence-electron chi connectivity index (χ3n) is 10.8. The van der Waals surface area contributed by atoms with Gasteiger partial charge in [0, 0.05) is 59.3 Å². The Morgan fingerprint density at radius 3 is 1.95 bits per heavy atom. The van der Waals surface area contributed by atoms with E-state index < -0.39 is 18.4 Å². The SMILES string of the molecule is C.Cc1cc(C=NC2CCCCC2N=Cc2cc(C(C)(C)C)cc(C(C)(C)C)c2O)c(O)c(CCCN2CCC[N+]3=C2CCCCC3)c1.O=C(O)CC(=O)O.[Cr]. The van der Waals surface area contributed by atoms with Crippen molar-refractivity contribution in [3.05, 3.63) is 57.6 Å². The molecular formula is C45H69CrN4O6+. The number of aliphatic carboxylic acids is 2. The van der Waals surface area contributed by atoms with E-state index in [4.69, 9.17) is 20.2 Å². The fourth-order valence-corrected chi connectivity index (χ4v) is 7.79. The van der Waals surface area contributed by atoms with E-state index in [9.17, 15) is 19.8 Å². The van der Waals surface area contributed by atoms with Crippen molar-refractivity contribution in [2.24, 2.45) is 9.98 Å². The van der Waals surface area contributed by atoms with Crippen molar-refractivity contribution in [3.8, 4) is 11.5 Å². The summed E-state index contributed by atoms with van der Waals surface area (Å²) >= 11 is 0. The summed E-state index contributed by atoms with van der Waals surface area (Å²) in [6, 6.07) is 8.55. The second-order valence-electron chi connectivity index (χ2n) is 17.4. The van der Waals surface area contributed by atoms with Crippen molar-refractivity contribution >= 4 is 30.2 Å². The van der Waals surface area contributed by atoms with E-state index in [1.807, 2.05) is 12.4 Å². The summed E-state index contributed by atoms with van der Waals surface area (Å²) in [5, 5.41) is 38.1. The summed E-state index contributed by atoms with van der Waals surface area (Å²) < 4.78 is 2.63. The minimum Gasteiger partial charge on any atom is -0.507 e. The van der Waals surface area contributed by atoms with Crippen molar-refractivity contribution in [1.29, 1.82) is 0 Å². The number of aromatic hydroxyl groups is 2. The molecule has 0 saturated heterocycles. The van der Waals surface area contributed by atoms with E-state index in [1.54, 1.807) is 5.84 Å². The molecule has 2 aromatic rings. The molecule has 4 N–H and O–H groups in total. The number of nitrogens with zero attached hydrogens (tertiary/aromatic N) is 4. The molecule has 0 radical (unpaired) electrons. The van der Waals surface area contributed by atoms with Crippen LogP contribution in [0.5, 0.6) is 11.5 Å². The second kappa shape index (κ2) is 21.7. The molecule has 1 fully saturated rings. The number of carboxylic acids is 2. The minimum atomic E-state index is -1.31. The molecule has 0 aromatic heterocycles. The van der Waals surface area contributed by atoms with Gasteiger partial charge in [0.15, 0.2) is 0 Å². The molecule has 2 unspecified atom stereocenters. The Bertz CT molecular complexity index is 1710. The maximum atomic E-state index is 11.4. The van der Waals surface area contributed by atoms with Gasteiger partial charge in [-0.3, -0.25) is 29.0 Å². The molecular weight excluding hydrogens is 745 g/mol. The topological polar surface area (TPSA) is 146 Å². The van der Waals surface area contributed by atoms with Gasteiger partial charge in [0.2, 0.25) is 5.84 Å². The van der Waals surface area contributed by atoms with Gasteiger partial charge in [-0.2, -0.15) is 0 Å². The molecule has 2 atom stereocenters. The van der Waals surface area contributed by atoms with Crippen LogP contribution in [0.25, 0.3) is 0 Å². The first-order chi connectivity index (χ1) is 25.4. The summed E-state index contributed by atoms with van der Waals surface area (Å²) in [4.78, 5) is 31.6. The van der Waals surface area contributed by atoms with Crippen LogP contribution in [0.2, 0.25) is 0 Å². The first kappa shape index (κ1) is 48.5. The van der Waals surface area contributed by atoms with E-state index >= 15 is 0 Å². The number of rotatable bonds is 10. The molecule has 2 heterocycles. The number of carboxylic acid groups (broad SMARTS) is 2. The number of carbonyl (C=O) groups is 2. The van der Waals surface area contributed by atoms with Crippen molar-refractivity contribution in [2.45, 2.75) is 156 Å². The molecule has 2 aliphatic heterocycles. The molecule has 2 aromatic carbocycles. The predicted octanol–water partition coefficient (Wildman–Crippen LogP) is 8.65. The van der Waals surface area contributed by atoms with Gasteiger partial charge in [0.1, 0.15) is 17.9 Å². The van der Waals surface area contributed by atoms with Crippen molar-refractivity contribution in [3.63, 3.8) is 0 Å². The molecule has 56 heavy (non-hydrogen) atoms. The van der Waals surface area contributed by atoms with Crippen molar-refractivity contribution in [2.75, 3.05) is 26.2 Å². The van der Waals surface area contributed by atoms with Crippen LogP contribution in [-0.2, 0) is 44.2 Å². The predicted molar refractivity (Wildman–Crippen MR) is 224 cm³/mol. The van der Waals surface area contributed by atoms with Crippen LogP contribution in [0.1, 0.15) is 153 Å². The van der Waals surface area contributed by atoms with Crippen LogP contribution in [0.15, 0.2) is 34.3 Å². The summed E-state index contributed by atoms with van der Waals surface area (Å²) in [6.07, 6.45) is 15.5. The Hall–Kier alpha value is -3.68. The van der Waals surface area contributed by atoms with Crippen LogP contribution >= 0.6 is 0 Å². The maximum absolute atomic E-state index is 11.4. The molecule has 0 spiro atoms. The van der Waals surface area contributed by atoms with Gasteiger partial charge in [-0.05, 0) is 91.5 Å². The number of phenols is 2. The number of aryl methyl sites for hydroxylation is 2. The van der Waals surface area contributed by atoms with Crippen LogP contribution in [0.4, 0.5) is 0 Å².